The highest BCUT2D eigenvalue weighted by Gasteiger charge is 2.10. The first-order chi connectivity index (χ1) is 6.86. The van der Waals surface area contributed by atoms with E-state index in [1.165, 1.54) is 17.7 Å². The summed E-state index contributed by atoms with van der Waals surface area (Å²) in [5.74, 6) is 1.20. The van der Waals surface area contributed by atoms with E-state index < -0.39 is 0 Å². The molecule has 1 aliphatic rings. The van der Waals surface area contributed by atoms with Crippen LogP contribution in [0.5, 0.6) is 0 Å². The Balaban J connectivity index is 1.94. The lowest BCUT2D eigenvalue weighted by molar-refractivity contribution is 0.721. The number of hydrogen-bond donors (Lipinski definition) is 1. The van der Waals surface area contributed by atoms with Crippen LogP contribution >= 0.6 is 23.1 Å². The molecule has 1 unspecified atom stereocenters. The molecule has 0 saturated heterocycles. The molecule has 1 aliphatic heterocycles. The van der Waals surface area contributed by atoms with Crippen molar-refractivity contribution in [3.8, 4) is 0 Å². The second-order valence-electron chi connectivity index (χ2n) is 3.31. The maximum absolute atomic E-state index is 4.45. The van der Waals surface area contributed by atoms with E-state index in [0.29, 0.717) is 6.04 Å². The molecule has 0 saturated carbocycles. The molecule has 1 atom stereocenters. The third-order valence-electron chi connectivity index (χ3n) is 2.18. The fourth-order valence-corrected chi connectivity index (χ4v) is 3.00. The van der Waals surface area contributed by atoms with Crippen molar-refractivity contribution in [1.29, 1.82) is 0 Å². The summed E-state index contributed by atoms with van der Waals surface area (Å²) in [6, 6.07) is 2.54. The highest BCUT2D eigenvalue weighted by Crippen LogP contribution is 2.18. The van der Waals surface area contributed by atoms with Crippen LogP contribution in [0.4, 0.5) is 0 Å². The number of hydrogen-bond acceptors (Lipinski definition) is 4. The minimum atomic E-state index is 0.380. The molecule has 1 aromatic rings. The monoisotopic (exact) mass is 226 g/mol. The van der Waals surface area contributed by atoms with Crippen LogP contribution in [0, 0.1) is 0 Å². The zero-order valence-corrected chi connectivity index (χ0v) is 9.83. The molecule has 4 heteroatoms. The molecular formula is C10H14N2S2. The average Bonchev–Trinajstić information content (AvgIpc) is 2.72. The molecule has 0 aliphatic carbocycles. The number of nitrogens with zero attached hydrogens (tertiary/aromatic N) is 1. The van der Waals surface area contributed by atoms with Gasteiger partial charge in [0.1, 0.15) is 0 Å². The Hall–Kier alpha value is -0.480. The maximum Gasteiger partial charge on any atom is 0.157 e. The zero-order chi connectivity index (χ0) is 9.80. The van der Waals surface area contributed by atoms with Crippen molar-refractivity contribution < 1.29 is 0 Å². The molecule has 2 heterocycles. The van der Waals surface area contributed by atoms with Crippen LogP contribution in [-0.4, -0.2) is 17.5 Å². The van der Waals surface area contributed by atoms with E-state index in [0.717, 1.165) is 11.7 Å². The summed E-state index contributed by atoms with van der Waals surface area (Å²) in [4.78, 5) is 4.45. The summed E-state index contributed by atoms with van der Waals surface area (Å²) >= 11 is 3.57. The Morgan fingerprint density at radius 2 is 2.50 bits per heavy atom. The molecule has 14 heavy (non-hydrogen) atoms. The lowest BCUT2D eigenvalue weighted by atomic mass is 10.2. The van der Waals surface area contributed by atoms with E-state index in [1.807, 2.05) is 11.8 Å². The third-order valence-corrected chi connectivity index (χ3v) is 3.89. The summed E-state index contributed by atoms with van der Waals surface area (Å²) in [5.41, 5.74) is 1.35. The van der Waals surface area contributed by atoms with Crippen molar-refractivity contribution in [2.24, 2.45) is 4.99 Å². The van der Waals surface area contributed by atoms with Crippen molar-refractivity contribution in [3.63, 3.8) is 0 Å². The lowest BCUT2D eigenvalue weighted by Crippen LogP contribution is -2.26. The second-order valence-corrected chi connectivity index (χ2v) is 5.18. The van der Waals surface area contributed by atoms with Crippen molar-refractivity contribution in [2.45, 2.75) is 19.4 Å². The molecule has 1 N–H and O–H groups in total. The minimum Gasteiger partial charge on any atom is -0.358 e. The molecule has 0 fully saturated rings. The number of rotatable bonds is 2. The standard InChI is InChI=1S/C10H14N2S2/c1-8(9-3-6-13-7-9)12-10-11-4-2-5-14-10/h3,6-8H,2,4-5H2,1H3,(H,11,12). The van der Waals surface area contributed by atoms with Gasteiger partial charge in [0.2, 0.25) is 0 Å². The molecule has 0 amide bonds. The van der Waals surface area contributed by atoms with Crippen LogP contribution in [-0.2, 0) is 0 Å². The van der Waals surface area contributed by atoms with Crippen LogP contribution in [0.3, 0.4) is 0 Å². The van der Waals surface area contributed by atoms with Crippen molar-refractivity contribution in [1.82, 2.24) is 5.32 Å². The highest BCUT2D eigenvalue weighted by molar-refractivity contribution is 8.13. The van der Waals surface area contributed by atoms with E-state index >= 15 is 0 Å². The van der Waals surface area contributed by atoms with Gasteiger partial charge >= 0.3 is 0 Å². The van der Waals surface area contributed by atoms with Gasteiger partial charge in [-0.15, -0.1) is 0 Å². The lowest BCUT2D eigenvalue weighted by Gasteiger charge is -2.18. The van der Waals surface area contributed by atoms with Gasteiger partial charge in [0.25, 0.3) is 0 Å². The van der Waals surface area contributed by atoms with Gasteiger partial charge in [0.15, 0.2) is 5.17 Å². The van der Waals surface area contributed by atoms with Crippen LogP contribution in [0.15, 0.2) is 21.8 Å². The topological polar surface area (TPSA) is 24.4 Å². The molecule has 2 nitrogen and oxygen atoms in total. The van der Waals surface area contributed by atoms with Crippen molar-refractivity contribution >= 4 is 28.3 Å². The van der Waals surface area contributed by atoms with Gasteiger partial charge in [0, 0.05) is 12.3 Å². The first-order valence-corrected chi connectivity index (χ1v) is 6.75. The SMILES string of the molecule is CC(NC1=NCCCS1)c1ccsc1. The Labute approximate surface area is 92.8 Å². The molecular weight excluding hydrogens is 212 g/mol. The zero-order valence-electron chi connectivity index (χ0n) is 8.19. The number of amidine groups is 1. The highest BCUT2D eigenvalue weighted by atomic mass is 32.2. The molecule has 0 bridgehead atoms. The van der Waals surface area contributed by atoms with E-state index in [4.69, 9.17) is 0 Å². The summed E-state index contributed by atoms with van der Waals surface area (Å²) in [7, 11) is 0. The van der Waals surface area contributed by atoms with Gasteiger partial charge in [-0.2, -0.15) is 11.3 Å². The molecule has 2 rings (SSSR count). The molecule has 0 spiro atoms. The fraction of sp³-hybridized carbons (Fsp3) is 0.500. The molecule has 76 valence electrons. The first kappa shape index (κ1) is 10.1. The van der Waals surface area contributed by atoms with E-state index in [1.54, 1.807) is 11.3 Å². The maximum atomic E-state index is 4.45. The number of aliphatic imine (C=N–C) groups is 1. The van der Waals surface area contributed by atoms with E-state index in [-0.39, 0.29) is 0 Å². The van der Waals surface area contributed by atoms with Gasteiger partial charge in [-0.3, -0.25) is 4.99 Å². The summed E-state index contributed by atoms with van der Waals surface area (Å²) in [6.07, 6.45) is 1.21. The van der Waals surface area contributed by atoms with Crippen LogP contribution in [0.1, 0.15) is 24.9 Å². The predicted octanol–water partition coefficient (Wildman–Crippen LogP) is 2.89. The van der Waals surface area contributed by atoms with Crippen LogP contribution < -0.4 is 5.32 Å². The van der Waals surface area contributed by atoms with Gasteiger partial charge in [0.05, 0.1) is 6.04 Å². The normalized spacial score (nSPS) is 18.8. The van der Waals surface area contributed by atoms with Crippen molar-refractivity contribution in [3.05, 3.63) is 22.4 Å². The number of nitrogens with one attached hydrogen (secondary N) is 1. The van der Waals surface area contributed by atoms with E-state index in [9.17, 15) is 0 Å². The third kappa shape index (κ3) is 2.51. The smallest absolute Gasteiger partial charge is 0.157 e. The Kier molecular flexibility index (Phi) is 3.48. The quantitative estimate of drug-likeness (QED) is 0.838. The van der Waals surface area contributed by atoms with Crippen LogP contribution in [0.2, 0.25) is 0 Å². The average molecular weight is 226 g/mol. The molecule has 0 radical (unpaired) electrons. The van der Waals surface area contributed by atoms with Crippen LogP contribution in [0.25, 0.3) is 0 Å². The Bertz CT molecular complexity index is 306. The Morgan fingerprint density at radius 3 is 3.14 bits per heavy atom. The van der Waals surface area contributed by atoms with E-state index in [2.05, 4.69) is 34.1 Å². The summed E-state index contributed by atoms with van der Waals surface area (Å²) < 4.78 is 0. The van der Waals surface area contributed by atoms with Crippen molar-refractivity contribution in [2.75, 3.05) is 12.3 Å². The van der Waals surface area contributed by atoms with Gasteiger partial charge in [-0.1, -0.05) is 11.8 Å². The van der Waals surface area contributed by atoms with Gasteiger partial charge in [-0.25, -0.2) is 0 Å². The number of thioether (sulfide) groups is 1. The predicted molar refractivity (Wildman–Crippen MR) is 65.2 cm³/mol. The second kappa shape index (κ2) is 4.84. The molecule has 1 aromatic heterocycles. The van der Waals surface area contributed by atoms with Gasteiger partial charge < -0.3 is 5.32 Å². The number of thiophene rings is 1. The Morgan fingerprint density at radius 1 is 1.57 bits per heavy atom. The summed E-state index contributed by atoms with van der Waals surface area (Å²) in [6.45, 7) is 3.16. The summed E-state index contributed by atoms with van der Waals surface area (Å²) in [5, 5.41) is 8.85. The molecule has 0 aromatic carbocycles. The minimum absolute atomic E-state index is 0.380. The fourth-order valence-electron chi connectivity index (χ4n) is 1.34. The first-order valence-electron chi connectivity index (χ1n) is 4.82. The largest absolute Gasteiger partial charge is 0.358 e. The van der Waals surface area contributed by atoms with Gasteiger partial charge in [-0.05, 0) is 35.7 Å².